The molecule has 0 aliphatic rings. The lowest BCUT2D eigenvalue weighted by molar-refractivity contribution is -0.146. The van der Waals surface area contributed by atoms with E-state index in [0.29, 0.717) is 11.5 Å². The third-order valence-electron chi connectivity index (χ3n) is 2.13. The van der Waals surface area contributed by atoms with E-state index in [9.17, 15) is 9.90 Å². The Balaban J connectivity index is 2.99. The van der Waals surface area contributed by atoms with Crippen LogP contribution in [0.1, 0.15) is 37.0 Å². The van der Waals surface area contributed by atoms with Crippen molar-refractivity contribution in [2.75, 3.05) is 0 Å². The molecule has 0 radical (unpaired) electrons. The summed E-state index contributed by atoms with van der Waals surface area (Å²) in [6, 6.07) is 7.02. The third kappa shape index (κ3) is 2.33. The molecule has 0 aromatic heterocycles. The molecule has 1 aromatic carbocycles. The molecule has 3 nitrogen and oxygen atoms in total. The van der Waals surface area contributed by atoms with Gasteiger partial charge in [0.15, 0.2) is 6.10 Å². The van der Waals surface area contributed by atoms with Gasteiger partial charge in [0.25, 0.3) is 0 Å². The number of aliphatic hydroxyl groups excluding tert-OH is 1. The third-order valence-corrected chi connectivity index (χ3v) is 2.13. The first kappa shape index (κ1) is 10.7. The summed E-state index contributed by atoms with van der Waals surface area (Å²) in [7, 11) is 0. The first-order valence-corrected chi connectivity index (χ1v) is 4.53. The SMILES string of the molecule is CC(C)c1cccc(C(O)C(=O)O)c1. The Labute approximate surface area is 83.0 Å². The van der Waals surface area contributed by atoms with Crippen molar-refractivity contribution in [2.24, 2.45) is 0 Å². The minimum atomic E-state index is -1.42. The lowest BCUT2D eigenvalue weighted by Crippen LogP contribution is -2.10. The predicted octanol–water partition coefficient (Wildman–Crippen LogP) is 1.93. The van der Waals surface area contributed by atoms with Crippen LogP contribution in [-0.4, -0.2) is 16.2 Å². The second-order valence-electron chi connectivity index (χ2n) is 3.57. The van der Waals surface area contributed by atoms with Crippen LogP contribution in [0.2, 0.25) is 0 Å². The second kappa shape index (κ2) is 4.24. The summed E-state index contributed by atoms with van der Waals surface area (Å²) >= 11 is 0. The molecule has 0 heterocycles. The molecule has 1 unspecified atom stereocenters. The van der Waals surface area contributed by atoms with Gasteiger partial charge < -0.3 is 10.2 Å². The quantitative estimate of drug-likeness (QED) is 0.773. The summed E-state index contributed by atoms with van der Waals surface area (Å²) in [4.78, 5) is 10.5. The molecule has 0 saturated carbocycles. The van der Waals surface area contributed by atoms with Crippen LogP contribution in [0.25, 0.3) is 0 Å². The predicted molar refractivity (Wildman–Crippen MR) is 53.1 cm³/mol. The zero-order valence-electron chi connectivity index (χ0n) is 8.27. The monoisotopic (exact) mass is 194 g/mol. The molecular formula is C11H14O3. The molecule has 0 spiro atoms. The number of rotatable bonds is 3. The number of aliphatic carboxylic acids is 1. The van der Waals surface area contributed by atoms with Crippen LogP contribution in [-0.2, 0) is 4.79 Å². The Kier molecular flexibility index (Phi) is 3.25. The zero-order chi connectivity index (χ0) is 10.7. The van der Waals surface area contributed by atoms with Crippen LogP contribution in [0.5, 0.6) is 0 Å². The maximum absolute atomic E-state index is 10.5. The molecule has 1 aromatic rings. The van der Waals surface area contributed by atoms with Crippen LogP contribution in [0, 0.1) is 0 Å². The molecule has 3 heteroatoms. The van der Waals surface area contributed by atoms with Gasteiger partial charge in [0, 0.05) is 0 Å². The van der Waals surface area contributed by atoms with E-state index in [0.717, 1.165) is 5.56 Å². The van der Waals surface area contributed by atoms with E-state index in [-0.39, 0.29) is 0 Å². The average molecular weight is 194 g/mol. The molecule has 0 bridgehead atoms. The molecule has 76 valence electrons. The maximum atomic E-state index is 10.5. The zero-order valence-corrected chi connectivity index (χ0v) is 8.27. The van der Waals surface area contributed by atoms with E-state index in [1.807, 2.05) is 19.9 Å². The molecule has 0 aliphatic heterocycles. The van der Waals surface area contributed by atoms with E-state index in [4.69, 9.17) is 5.11 Å². The van der Waals surface area contributed by atoms with Crippen LogP contribution < -0.4 is 0 Å². The molecule has 0 aliphatic carbocycles. The smallest absolute Gasteiger partial charge is 0.337 e. The number of aliphatic hydroxyl groups is 1. The fraction of sp³-hybridized carbons (Fsp3) is 0.364. The van der Waals surface area contributed by atoms with Gasteiger partial charge in [0.2, 0.25) is 0 Å². The van der Waals surface area contributed by atoms with Gasteiger partial charge in [0.1, 0.15) is 0 Å². The Morgan fingerprint density at radius 3 is 2.36 bits per heavy atom. The lowest BCUT2D eigenvalue weighted by Gasteiger charge is -2.10. The molecule has 2 N–H and O–H groups in total. The minimum Gasteiger partial charge on any atom is -0.479 e. The van der Waals surface area contributed by atoms with E-state index < -0.39 is 12.1 Å². The van der Waals surface area contributed by atoms with Gasteiger partial charge >= 0.3 is 5.97 Å². The number of hydrogen-bond donors (Lipinski definition) is 2. The van der Waals surface area contributed by atoms with E-state index in [1.165, 1.54) is 0 Å². The Bertz CT molecular complexity index is 331. The van der Waals surface area contributed by atoms with Crippen LogP contribution in [0.15, 0.2) is 24.3 Å². The Hall–Kier alpha value is -1.35. The number of benzene rings is 1. The largest absolute Gasteiger partial charge is 0.479 e. The van der Waals surface area contributed by atoms with Crippen molar-refractivity contribution in [1.82, 2.24) is 0 Å². The fourth-order valence-corrected chi connectivity index (χ4v) is 1.23. The Morgan fingerprint density at radius 1 is 1.29 bits per heavy atom. The Morgan fingerprint density at radius 2 is 1.86 bits per heavy atom. The molecule has 1 atom stereocenters. The van der Waals surface area contributed by atoms with Crippen molar-refractivity contribution in [3.63, 3.8) is 0 Å². The van der Waals surface area contributed by atoms with Gasteiger partial charge in [-0.25, -0.2) is 4.79 Å². The van der Waals surface area contributed by atoms with Crippen molar-refractivity contribution in [3.05, 3.63) is 35.4 Å². The molecule has 1 rings (SSSR count). The number of carboxylic acid groups (broad SMARTS) is 1. The van der Waals surface area contributed by atoms with E-state index in [1.54, 1.807) is 18.2 Å². The highest BCUT2D eigenvalue weighted by molar-refractivity contribution is 5.74. The maximum Gasteiger partial charge on any atom is 0.337 e. The number of hydrogen-bond acceptors (Lipinski definition) is 2. The van der Waals surface area contributed by atoms with Crippen molar-refractivity contribution in [3.8, 4) is 0 Å². The van der Waals surface area contributed by atoms with Crippen LogP contribution >= 0.6 is 0 Å². The van der Waals surface area contributed by atoms with Gasteiger partial charge in [-0.2, -0.15) is 0 Å². The molecular weight excluding hydrogens is 180 g/mol. The average Bonchev–Trinajstić information content (AvgIpc) is 2.16. The van der Waals surface area contributed by atoms with Crippen LogP contribution in [0.4, 0.5) is 0 Å². The lowest BCUT2D eigenvalue weighted by atomic mass is 9.99. The molecule has 14 heavy (non-hydrogen) atoms. The number of carbonyl (C=O) groups is 1. The van der Waals surface area contributed by atoms with Crippen molar-refractivity contribution < 1.29 is 15.0 Å². The van der Waals surface area contributed by atoms with Gasteiger partial charge in [-0.15, -0.1) is 0 Å². The van der Waals surface area contributed by atoms with Gasteiger partial charge in [-0.3, -0.25) is 0 Å². The van der Waals surface area contributed by atoms with Crippen molar-refractivity contribution in [1.29, 1.82) is 0 Å². The highest BCUT2D eigenvalue weighted by Crippen LogP contribution is 2.19. The second-order valence-corrected chi connectivity index (χ2v) is 3.57. The molecule has 0 amide bonds. The first-order chi connectivity index (χ1) is 6.52. The van der Waals surface area contributed by atoms with Crippen molar-refractivity contribution in [2.45, 2.75) is 25.9 Å². The highest BCUT2D eigenvalue weighted by atomic mass is 16.4. The summed E-state index contributed by atoms with van der Waals surface area (Å²) in [5.41, 5.74) is 1.46. The summed E-state index contributed by atoms with van der Waals surface area (Å²) in [6.45, 7) is 4.04. The fourth-order valence-electron chi connectivity index (χ4n) is 1.23. The highest BCUT2D eigenvalue weighted by Gasteiger charge is 2.16. The molecule has 0 saturated heterocycles. The van der Waals surface area contributed by atoms with Gasteiger partial charge in [0.05, 0.1) is 0 Å². The first-order valence-electron chi connectivity index (χ1n) is 4.53. The number of carboxylic acids is 1. The summed E-state index contributed by atoms with van der Waals surface area (Å²) < 4.78 is 0. The molecule has 0 fully saturated rings. The van der Waals surface area contributed by atoms with Gasteiger partial charge in [-0.05, 0) is 17.0 Å². The van der Waals surface area contributed by atoms with E-state index >= 15 is 0 Å². The van der Waals surface area contributed by atoms with Gasteiger partial charge in [-0.1, -0.05) is 38.1 Å². The van der Waals surface area contributed by atoms with Crippen LogP contribution in [0.3, 0.4) is 0 Å². The standard InChI is InChI=1S/C11H14O3/c1-7(2)8-4-3-5-9(6-8)10(12)11(13)14/h3-7,10,12H,1-2H3,(H,13,14). The summed E-state index contributed by atoms with van der Waals surface area (Å²) in [5, 5.41) is 17.9. The van der Waals surface area contributed by atoms with Crippen molar-refractivity contribution >= 4 is 5.97 Å². The normalized spacial score (nSPS) is 12.9. The van der Waals surface area contributed by atoms with E-state index in [2.05, 4.69) is 0 Å². The topological polar surface area (TPSA) is 57.5 Å². The minimum absolute atomic E-state index is 0.330. The summed E-state index contributed by atoms with van der Waals surface area (Å²) in [5.74, 6) is -0.887. The summed E-state index contributed by atoms with van der Waals surface area (Å²) in [6.07, 6.45) is -1.42.